The van der Waals surface area contributed by atoms with Gasteiger partial charge in [-0.25, -0.2) is 0 Å². The van der Waals surface area contributed by atoms with E-state index in [0.717, 1.165) is 16.9 Å². The fourth-order valence-corrected chi connectivity index (χ4v) is 5.48. The summed E-state index contributed by atoms with van der Waals surface area (Å²) in [6, 6.07) is 10.1. The van der Waals surface area contributed by atoms with Crippen molar-refractivity contribution in [1.82, 2.24) is 24.5 Å². The molecule has 0 atom stereocenters. The van der Waals surface area contributed by atoms with Gasteiger partial charge in [0.15, 0.2) is 0 Å². The fourth-order valence-electron chi connectivity index (χ4n) is 5.48. The van der Waals surface area contributed by atoms with Crippen LogP contribution in [0.3, 0.4) is 0 Å². The Hall–Kier alpha value is -3.42. The molecule has 0 bridgehead atoms. The van der Waals surface area contributed by atoms with Crippen LogP contribution in [0, 0.1) is 0 Å². The van der Waals surface area contributed by atoms with Crippen LogP contribution in [0.5, 0.6) is 0 Å². The molecule has 0 radical (unpaired) electrons. The van der Waals surface area contributed by atoms with Gasteiger partial charge in [0.25, 0.3) is 11.8 Å². The quantitative estimate of drug-likeness (QED) is 0.581. The lowest BCUT2D eigenvalue weighted by Gasteiger charge is -2.27. The van der Waals surface area contributed by atoms with Gasteiger partial charge in [-0.15, -0.1) is 0 Å². The van der Waals surface area contributed by atoms with Gasteiger partial charge < -0.3 is 10.2 Å². The Bertz CT molecular complexity index is 1220. The molecule has 5 rings (SSSR count). The first-order chi connectivity index (χ1) is 16.9. The number of aromatic nitrogens is 4. The Morgan fingerprint density at radius 1 is 1.06 bits per heavy atom. The molecule has 0 unspecified atom stereocenters. The third kappa shape index (κ3) is 4.61. The minimum atomic E-state index is -0.201. The van der Waals surface area contributed by atoms with Gasteiger partial charge in [0.2, 0.25) is 0 Å². The molecule has 35 heavy (non-hydrogen) atoms. The number of hydrogen-bond acceptors (Lipinski definition) is 4. The molecule has 3 heterocycles. The highest BCUT2D eigenvalue weighted by Gasteiger charge is 2.31. The van der Waals surface area contributed by atoms with Crippen molar-refractivity contribution >= 4 is 17.5 Å². The van der Waals surface area contributed by atoms with Crippen molar-refractivity contribution in [1.29, 1.82) is 0 Å². The van der Waals surface area contributed by atoms with Crippen LogP contribution in [0.1, 0.15) is 95.7 Å². The molecule has 2 amide bonds. The zero-order chi connectivity index (χ0) is 24.5. The molecule has 1 saturated carbocycles. The summed E-state index contributed by atoms with van der Waals surface area (Å²) in [7, 11) is 1.79. The second-order valence-corrected chi connectivity index (χ2v) is 10.0. The molecule has 3 aromatic rings. The number of fused-ring (bicyclic) bond motifs is 1. The minimum absolute atomic E-state index is 0.0737. The first-order valence-corrected chi connectivity index (χ1v) is 12.7. The highest BCUT2D eigenvalue weighted by atomic mass is 16.2. The lowest BCUT2D eigenvalue weighted by atomic mass is 9.84. The van der Waals surface area contributed by atoms with Gasteiger partial charge in [0.05, 0.1) is 12.2 Å². The number of rotatable bonds is 5. The first kappa shape index (κ1) is 23.3. The summed E-state index contributed by atoms with van der Waals surface area (Å²) in [4.78, 5) is 28.4. The molecular weight excluding hydrogens is 440 g/mol. The summed E-state index contributed by atoms with van der Waals surface area (Å²) in [5.41, 5.74) is 4.90. The number of nitrogens with zero attached hydrogens (tertiary/aromatic N) is 5. The van der Waals surface area contributed by atoms with E-state index in [0.29, 0.717) is 36.8 Å². The second kappa shape index (κ2) is 9.68. The Morgan fingerprint density at radius 3 is 2.51 bits per heavy atom. The number of nitrogens with one attached hydrogen (secondary N) is 1. The highest BCUT2D eigenvalue weighted by molar-refractivity contribution is 6.04. The van der Waals surface area contributed by atoms with Crippen LogP contribution in [0.25, 0.3) is 0 Å². The molecule has 0 spiro atoms. The summed E-state index contributed by atoms with van der Waals surface area (Å²) in [5, 5.41) is 11.9. The lowest BCUT2D eigenvalue weighted by Crippen LogP contribution is -2.37. The van der Waals surface area contributed by atoms with Crippen molar-refractivity contribution in [3.8, 4) is 0 Å². The maximum Gasteiger partial charge on any atom is 0.274 e. The van der Waals surface area contributed by atoms with Crippen molar-refractivity contribution in [3.63, 3.8) is 0 Å². The Morgan fingerprint density at radius 2 is 1.80 bits per heavy atom. The van der Waals surface area contributed by atoms with Gasteiger partial charge in [-0.2, -0.15) is 10.2 Å². The molecule has 2 aromatic heterocycles. The van der Waals surface area contributed by atoms with E-state index in [-0.39, 0.29) is 17.9 Å². The molecule has 184 valence electrons. The average molecular weight is 475 g/mol. The summed E-state index contributed by atoms with van der Waals surface area (Å²) in [5.74, 6) is 0.358. The van der Waals surface area contributed by atoms with Crippen LogP contribution in [-0.4, -0.2) is 42.8 Å². The summed E-state index contributed by atoms with van der Waals surface area (Å²) >= 11 is 0. The summed E-state index contributed by atoms with van der Waals surface area (Å²) in [6.07, 6.45) is 8.71. The van der Waals surface area contributed by atoms with Gasteiger partial charge in [-0.05, 0) is 56.4 Å². The topological polar surface area (TPSA) is 85.1 Å². The standard InChI is InChI=1S/C27H34N6O2/c1-18(2)33-24(13-15-28-33)27(35)32-16-14-23-22(17-32)25(31(3)30-23)26(34)29-21-11-9-20(10-12-21)19-7-5-4-6-8-19/h9-13,15,18-19H,4-8,14,16-17H2,1-3H3,(H,29,34). The Kier molecular flexibility index (Phi) is 6.45. The fraction of sp³-hybridized carbons (Fsp3) is 0.481. The van der Waals surface area contributed by atoms with Gasteiger partial charge >= 0.3 is 0 Å². The van der Waals surface area contributed by atoms with E-state index in [4.69, 9.17) is 0 Å². The molecule has 0 saturated heterocycles. The van der Waals surface area contributed by atoms with Gasteiger partial charge in [-0.1, -0.05) is 31.4 Å². The number of hydrogen-bond donors (Lipinski definition) is 1. The molecule has 8 nitrogen and oxygen atoms in total. The van der Waals surface area contributed by atoms with Crippen molar-refractivity contribution in [2.45, 2.75) is 70.9 Å². The molecular formula is C27H34N6O2. The van der Waals surface area contributed by atoms with E-state index in [1.54, 1.807) is 33.6 Å². The normalized spacial score (nSPS) is 16.4. The maximum atomic E-state index is 13.3. The van der Waals surface area contributed by atoms with E-state index >= 15 is 0 Å². The van der Waals surface area contributed by atoms with Crippen molar-refractivity contribution in [2.75, 3.05) is 11.9 Å². The maximum absolute atomic E-state index is 13.3. The SMILES string of the molecule is CC(C)n1nccc1C(=O)N1CCc2nn(C)c(C(=O)Nc3ccc(C4CCCCC4)cc3)c2C1. The minimum Gasteiger partial charge on any atom is -0.332 e. The Labute approximate surface area is 206 Å². The van der Waals surface area contributed by atoms with Crippen LogP contribution >= 0.6 is 0 Å². The van der Waals surface area contributed by atoms with E-state index in [1.807, 2.05) is 26.0 Å². The van der Waals surface area contributed by atoms with Crippen LogP contribution in [0.2, 0.25) is 0 Å². The lowest BCUT2D eigenvalue weighted by molar-refractivity contribution is 0.0717. The number of amides is 2. The first-order valence-electron chi connectivity index (χ1n) is 12.7. The van der Waals surface area contributed by atoms with E-state index in [2.05, 4.69) is 27.6 Å². The molecule has 1 aromatic carbocycles. The van der Waals surface area contributed by atoms with Gasteiger partial charge in [0, 0.05) is 43.5 Å². The summed E-state index contributed by atoms with van der Waals surface area (Å²) < 4.78 is 3.38. The summed E-state index contributed by atoms with van der Waals surface area (Å²) in [6.45, 7) is 4.93. The number of anilines is 1. The highest BCUT2D eigenvalue weighted by Crippen LogP contribution is 2.33. The monoisotopic (exact) mass is 474 g/mol. The largest absolute Gasteiger partial charge is 0.332 e. The zero-order valence-corrected chi connectivity index (χ0v) is 20.8. The van der Waals surface area contributed by atoms with Gasteiger partial charge in [0.1, 0.15) is 11.4 Å². The third-order valence-electron chi connectivity index (χ3n) is 7.32. The number of carbonyl (C=O) groups excluding carboxylic acids is 2. The van der Waals surface area contributed by atoms with Crippen LogP contribution < -0.4 is 5.32 Å². The van der Waals surface area contributed by atoms with Crippen LogP contribution in [0.15, 0.2) is 36.5 Å². The van der Waals surface area contributed by atoms with Crippen molar-refractivity contribution in [3.05, 3.63) is 64.7 Å². The van der Waals surface area contributed by atoms with Crippen molar-refractivity contribution in [2.24, 2.45) is 7.05 Å². The van der Waals surface area contributed by atoms with E-state index < -0.39 is 0 Å². The number of carbonyl (C=O) groups is 2. The van der Waals surface area contributed by atoms with Crippen LogP contribution in [0.4, 0.5) is 5.69 Å². The third-order valence-corrected chi connectivity index (χ3v) is 7.32. The average Bonchev–Trinajstić information content (AvgIpc) is 3.48. The molecule has 1 N–H and O–H groups in total. The van der Waals surface area contributed by atoms with E-state index in [1.165, 1.54) is 37.7 Å². The van der Waals surface area contributed by atoms with Crippen LogP contribution in [-0.2, 0) is 20.0 Å². The molecule has 1 aliphatic heterocycles. The molecule has 8 heteroatoms. The second-order valence-electron chi connectivity index (χ2n) is 10.0. The smallest absolute Gasteiger partial charge is 0.274 e. The zero-order valence-electron chi connectivity index (χ0n) is 20.8. The predicted octanol–water partition coefficient (Wildman–Crippen LogP) is 4.70. The molecule has 1 fully saturated rings. The number of benzene rings is 1. The molecule has 2 aliphatic rings. The van der Waals surface area contributed by atoms with Crippen molar-refractivity contribution < 1.29 is 9.59 Å². The van der Waals surface area contributed by atoms with E-state index in [9.17, 15) is 9.59 Å². The number of aryl methyl sites for hydroxylation is 1. The van der Waals surface area contributed by atoms with Gasteiger partial charge in [-0.3, -0.25) is 19.0 Å². The Balaban J connectivity index is 1.32. The molecule has 1 aliphatic carbocycles. The predicted molar refractivity (Wildman–Crippen MR) is 134 cm³/mol.